The summed E-state index contributed by atoms with van der Waals surface area (Å²) in [6, 6.07) is 6.33. The van der Waals surface area contributed by atoms with E-state index >= 15 is 0 Å². The summed E-state index contributed by atoms with van der Waals surface area (Å²) >= 11 is 2.50. The van der Waals surface area contributed by atoms with E-state index in [0.717, 1.165) is 26.7 Å². The topological polar surface area (TPSA) is 72.3 Å². The lowest BCUT2D eigenvalue weighted by Crippen LogP contribution is -2.07. The highest BCUT2D eigenvalue weighted by atomic mass is 32.1. The second-order valence-electron chi connectivity index (χ2n) is 7.27. The van der Waals surface area contributed by atoms with Crippen molar-refractivity contribution in [2.75, 3.05) is 0 Å². The molecule has 0 radical (unpaired) electrons. The molecular formula is C22H16F4N2O3S2. The maximum absolute atomic E-state index is 13.9. The van der Waals surface area contributed by atoms with Crippen molar-refractivity contribution in [3.8, 4) is 16.3 Å². The number of ether oxygens (including phenoxy) is 1. The number of carbonyl (C=O) groups is 1. The SMILES string of the molecule is Cc1nc(-c2ccc(C(F)(F)F)c(F)c2)sc1COc1cc(C)c2nc(CC(=O)O)sc2c1. The number of aromatic nitrogens is 2. The van der Waals surface area contributed by atoms with E-state index in [9.17, 15) is 22.4 Å². The molecule has 2 heterocycles. The number of carboxylic acid groups (broad SMARTS) is 1. The third-order valence-electron chi connectivity index (χ3n) is 4.79. The van der Waals surface area contributed by atoms with Gasteiger partial charge in [-0.25, -0.2) is 14.4 Å². The second-order valence-corrected chi connectivity index (χ2v) is 9.47. The van der Waals surface area contributed by atoms with Crippen LogP contribution < -0.4 is 4.74 Å². The Morgan fingerprint density at radius 1 is 1.12 bits per heavy atom. The van der Waals surface area contributed by atoms with Gasteiger partial charge in [0.15, 0.2) is 0 Å². The molecule has 0 aliphatic heterocycles. The molecule has 0 spiro atoms. The van der Waals surface area contributed by atoms with E-state index in [2.05, 4.69) is 9.97 Å². The van der Waals surface area contributed by atoms with E-state index < -0.39 is 23.5 Å². The van der Waals surface area contributed by atoms with Crippen LogP contribution in [0.5, 0.6) is 5.75 Å². The van der Waals surface area contributed by atoms with Gasteiger partial charge >= 0.3 is 12.1 Å². The van der Waals surface area contributed by atoms with E-state index in [4.69, 9.17) is 9.84 Å². The third-order valence-corrected chi connectivity index (χ3v) is 6.97. The zero-order chi connectivity index (χ0) is 23.9. The molecular weight excluding hydrogens is 480 g/mol. The molecule has 2 aromatic carbocycles. The molecule has 1 N–H and O–H groups in total. The van der Waals surface area contributed by atoms with Gasteiger partial charge in [0.1, 0.15) is 28.2 Å². The highest BCUT2D eigenvalue weighted by Crippen LogP contribution is 2.36. The zero-order valence-electron chi connectivity index (χ0n) is 17.3. The minimum absolute atomic E-state index is 0.150. The van der Waals surface area contributed by atoms with Crippen LogP contribution in [0, 0.1) is 19.7 Å². The number of hydrogen-bond donors (Lipinski definition) is 1. The number of rotatable bonds is 6. The lowest BCUT2D eigenvalue weighted by molar-refractivity contribution is -0.140. The number of alkyl halides is 3. The van der Waals surface area contributed by atoms with Crippen molar-refractivity contribution in [2.24, 2.45) is 0 Å². The Morgan fingerprint density at radius 2 is 1.88 bits per heavy atom. The number of nitrogens with zero attached hydrogens (tertiary/aromatic N) is 2. The number of benzene rings is 2. The minimum atomic E-state index is -4.76. The van der Waals surface area contributed by atoms with Gasteiger partial charge in [-0.05, 0) is 43.7 Å². The monoisotopic (exact) mass is 496 g/mol. The minimum Gasteiger partial charge on any atom is -0.488 e. The Labute approximate surface area is 193 Å². The Balaban J connectivity index is 1.53. The lowest BCUT2D eigenvalue weighted by Gasteiger charge is -2.08. The molecule has 33 heavy (non-hydrogen) atoms. The molecule has 2 aromatic heterocycles. The van der Waals surface area contributed by atoms with Crippen LogP contribution in [0.15, 0.2) is 30.3 Å². The van der Waals surface area contributed by atoms with Crippen LogP contribution in [-0.2, 0) is 24.0 Å². The summed E-state index contributed by atoms with van der Waals surface area (Å²) in [5.74, 6) is -1.73. The first kappa shape index (κ1) is 23.1. The first-order valence-corrected chi connectivity index (χ1v) is 11.2. The molecule has 0 bridgehead atoms. The summed E-state index contributed by atoms with van der Waals surface area (Å²) in [7, 11) is 0. The van der Waals surface area contributed by atoms with Crippen molar-refractivity contribution in [3.05, 3.63) is 62.9 Å². The van der Waals surface area contributed by atoms with Gasteiger partial charge in [0.2, 0.25) is 0 Å². The molecule has 4 rings (SSSR count). The average molecular weight is 497 g/mol. The van der Waals surface area contributed by atoms with Crippen LogP contribution in [0.25, 0.3) is 20.8 Å². The summed E-state index contributed by atoms with van der Waals surface area (Å²) in [5.41, 5.74) is 1.15. The number of aryl methyl sites for hydroxylation is 2. The van der Waals surface area contributed by atoms with Gasteiger partial charge in [-0.1, -0.05) is 6.07 Å². The summed E-state index contributed by atoms with van der Waals surface area (Å²) in [5, 5.41) is 9.87. The number of halogens is 4. The smallest absolute Gasteiger partial charge is 0.419 e. The number of thiazole rings is 2. The Bertz CT molecular complexity index is 1360. The number of hydrogen-bond acceptors (Lipinski definition) is 6. The fourth-order valence-electron chi connectivity index (χ4n) is 3.21. The molecule has 0 saturated heterocycles. The summed E-state index contributed by atoms with van der Waals surface area (Å²) < 4.78 is 59.0. The fraction of sp³-hybridized carbons (Fsp3) is 0.227. The van der Waals surface area contributed by atoms with Gasteiger partial charge in [0.05, 0.1) is 32.8 Å². The third kappa shape index (κ3) is 4.98. The van der Waals surface area contributed by atoms with Gasteiger partial charge in [-0.15, -0.1) is 22.7 Å². The molecule has 0 amide bonds. The largest absolute Gasteiger partial charge is 0.488 e. The van der Waals surface area contributed by atoms with Crippen molar-refractivity contribution >= 4 is 38.9 Å². The average Bonchev–Trinajstić information content (AvgIpc) is 3.28. The van der Waals surface area contributed by atoms with Crippen LogP contribution >= 0.6 is 22.7 Å². The van der Waals surface area contributed by atoms with Crippen LogP contribution in [0.2, 0.25) is 0 Å². The number of fused-ring (bicyclic) bond motifs is 1. The van der Waals surface area contributed by atoms with Crippen molar-refractivity contribution in [1.29, 1.82) is 0 Å². The van der Waals surface area contributed by atoms with Gasteiger partial charge in [-0.2, -0.15) is 13.2 Å². The Hall–Kier alpha value is -3.05. The van der Waals surface area contributed by atoms with Crippen LogP contribution in [0.4, 0.5) is 17.6 Å². The van der Waals surface area contributed by atoms with Gasteiger partial charge in [-0.3, -0.25) is 4.79 Å². The van der Waals surface area contributed by atoms with Gasteiger partial charge in [0, 0.05) is 5.56 Å². The molecule has 11 heteroatoms. The maximum atomic E-state index is 13.9. The molecule has 0 atom stereocenters. The molecule has 5 nitrogen and oxygen atoms in total. The zero-order valence-corrected chi connectivity index (χ0v) is 18.9. The molecule has 4 aromatic rings. The quantitative estimate of drug-likeness (QED) is 0.313. The first-order valence-electron chi connectivity index (χ1n) is 9.59. The van der Waals surface area contributed by atoms with Crippen molar-refractivity contribution < 1.29 is 32.2 Å². The Kier molecular flexibility index (Phi) is 6.10. The van der Waals surface area contributed by atoms with Crippen LogP contribution in [-0.4, -0.2) is 21.0 Å². The van der Waals surface area contributed by atoms with Crippen LogP contribution in [0.1, 0.15) is 26.7 Å². The molecule has 0 unspecified atom stereocenters. The number of aliphatic carboxylic acids is 1. The summed E-state index contributed by atoms with van der Waals surface area (Å²) in [6.45, 7) is 3.77. The van der Waals surface area contributed by atoms with Crippen LogP contribution in [0.3, 0.4) is 0 Å². The standard InChI is InChI=1S/C22H16F4N2O3S2/c1-10-5-13(7-16-20(10)28-18(32-16)8-19(29)30)31-9-17-11(2)27-21(33-17)12-3-4-14(15(23)6-12)22(24,25)26/h3-7H,8-9H2,1-2H3,(H,29,30). The predicted molar refractivity (Wildman–Crippen MR) is 117 cm³/mol. The molecule has 0 aliphatic rings. The number of carboxylic acids is 1. The maximum Gasteiger partial charge on any atom is 0.419 e. The van der Waals surface area contributed by atoms with E-state index in [0.29, 0.717) is 27.5 Å². The second kappa shape index (κ2) is 8.71. The predicted octanol–water partition coefficient (Wildman–Crippen LogP) is 6.40. The molecule has 0 saturated carbocycles. The highest BCUT2D eigenvalue weighted by Gasteiger charge is 2.34. The van der Waals surface area contributed by atoms with Gasteiger partial charge in [0.25, 0.3) is 0 Å². The van der Waals surface area contributed by atoms with E-state index in [1.807, 2.05) is 6.92 Å². The van der Waals surface area contributed by atoms with Gasteiger partial charge < -0.3 is 9.84 Å². The Morgan fingerprint density at radius 3 is 2.55 bits per heavy atom. The van der Waals surface area contributed by atoms with E-state index in [1.54, 1.807) is 19.1 Å². The highest BCUT2D eigenvalue weighted by molar-refractivity contribution is 7.18. The van der Waals surface area contributed by atoms with Crippen molar-refractivity contribution in [2.45, 2.75) is 33.1 Å². The summed E-state index contributed by atoms with van der Waals surface area (Å²) in [6.07, 6.45) is -4.91. The first-order chi connectivity index (χ1) is 15.5. The fourth-order valence-corrected chi connectivity index (χ4v) is 5.25. The van der Waals surface area contributed by atoms with E-state index in [-0.39, 0.29) is 18.6 Å². The molecule has 0 fully saturated rings. The molecule has 172 valence electrons. The molecule has 0 aliphatic carbocycles. The van der Waals surface area contributed by atoms with Crippen molar-refractivity contribution in [1.82, 2.24) is 9.97 Å². The van der Waals surface area contributed by atoms with E-state index in [1.165, 1.54) is 28.7 Å². The normalized spacial score (nSPS) is 11.8. The van der Waals surface area contributed by atoms with Crippen molar-refractivity contribution in [3.63, 3.8) is 0 Å². The summed E-state index contributed by atoms with van der Waals surface area (Å²) in [4.78, 5) is 20.4. The lowest BCUT2D eigenvalue weighted by atomic mass is 10.1.